The molecule has 0 atom stereocenters. The van der Waals surface area contributed by atoms with Crippen LogP contribution in [0.5, 0.6) is 0 Å². The second-order valence-corrected chi connectivity index (χ2v) is 15.1. The Bertz CT molecular complexity index is 743. The van der Waals surface area contributed by atoms with Gasteiger partial charge in [0.1, 0.15) is 0 Å². The van der Waals surface area contributed by atoms with Gasteiger partial charge in [0.05, 0.1) is 0 Å². The Morgan fingerprint density at radius 2 is 1.61 bits per heavy atom. The van der Waals surface area contributed by atoms with E-state index in [1.807, 2.05) is 12.1 Å². The summed E-state index contributed by atoms with van der Waals surface area (Å²) in [6.45, 7) is 0. The molecule has 2 nitrogen and oxygen atoms in total. The first-order valence-corrected chi connectivity index (χ1v) is 14.7. The number of rotatable bonds is 0. The zero-order valence-corrected chi connectivity index (χ0v) is 14.8. The molecular formula is C12H7BiCl2O2S. The first-order chi connectivity index (χ1) is 8.51. The fourth-order valence-electron chi connectivity index (χ4n) is 1.97. The maximum absolute atomic E-state index is 12.5. The van der Waals surface area contributed by atoms with Crippen LogP contribution in [-0.2, 0) is 9.84 Å². The Morgan fingerprint density at radius 3 is 2.39 bits per heavy atom. The van der Waals surface area contributed by atoms with E-state index >= 15 is 0 Å². The van der Waals surface area contributed by atoms with Gasteiger partial charge in [0.25, 0.3) is 0 Å². The van der Waals surface area contributed by atoms with Crippen LogP contribution in [0.25, 0.3) is 0 Å². The third-order valence-corrected chi connectivity index (χ3v) is 15.6. The van der Waals surface area contributed by atoms with Gasteiger partial charge in [-0.2, -0.15) is 0 Å². The second-order valence-electron chi connectivity index (χ2n) is 3.86. The molecule has 6 heteroatoms. The van der Waals surface area contributed by atoms with Crippen LogP contribution in [-0.4, -0.2) is 29.0 Å². The predicted octanol–water partition coefficient (Wildman–Crippen LogP) is 1.83. The number of fused-ring (bicyclic) bond motifs is 2. The van der Waals surface area contributed by atoms with Crippen LogP contribution >= 0.6 is 20.1 Å². The van der Waals surface area contributed by atoms with E-state index in [-0.39, 0.29) is 0 Å². The van der Waals surface area contributed by atoms with Crippen molar-refractivity contribution < 1.29 is 8.42 Å². The first-order valence-electron chi connectivity index (χ1n) is 5.11. The van der Waals surface area contributed by atoms with E-state index in [4.69, 9.17) is 20.1 Å². The average molecular weight is 495 g/mol. The molecule has 0 spiro atoms. The van der Waals surface area contributed by atoms with E-state index in [0.29, 0.717) is 14.8 Å². The molecular weight excluding hydrogens is 488 g/mol. The van der Waals surface area contributed by atoms with Crippen LogP contribution in [0.15, 0.2) is 52.3 Å². The van der Waals surface area contributed by atoms with Gasteiger partial charge in [-0.25, -0.2) is 0 Å². The van der Waals surface area contributed by atoms with Crippen LogP contribution in [0.2, 0.25) is 5.02 Å². The molecule has 2 aromatic carbocycles. The van der Waals surface area contributed by atoms with Crippen LogP contribution in [0.3, 0.4) is 0 Å². The summed E-state index contributed by atoms with van der Waals surface area (Å²) in [7, 11) is 3.11. The molecule has 0 fully saturated rings. The van der Waals surface area contributed by atoms with Crippen molar-refractivity contribution >= 4 is 57.1 Å². The summed E-state index contributed by atoms with van der Waals surface area (Å²) in [5, 5.41) is 0.531. The quantitative estimate of drug-likeness (QED) is 0.524. The van der Waals surface area contributed by atoms with Crippen LogP contribution < -0.4 is 6.54 Å². The molecule has 1 heterocycles. The summed E-state index contributed by atoms with van der Waals surface area (Å²) in [5.74, 6) is 0. The zero-order valence-electron chi connectivity index (χ0n) is 8.97. The summed E-state index contributed by atoms with van der Waals surface area (Å²) >= 11 is 3.25. The van der Waals surface area contributed by atoms with Crippen LogP contribution in [0.1, 0.15) is 0 Å². The predicted molar refractivity (Wildman–Crippen MR) is 74.2 cm³/mol. The van der Waals surface area contributed by atoms with Crippen LogP contribution in [0, 0.1) is 0 Å². The van der Waals surface area contributed by atoms with E-state index in [2.05, 4.69) is 0 Å². The first kappa shape index (κ1) is 12.9. The maximum atomic E-state index is 12.5. The molecule has 0 saturated carbocycles. The summed E-state index contributed by atoms with van der Waals surface area (Å²) in [6.07, 6.45) is 0. The summed E-state index contributed by atoms with van der Waals surface area (Å²) < 4.78 is 26.5. The third kappa shape index (κ3) is 1.82. The van der Waals surface area contributed by atoms with Gasteiger partial charge in [0, 0.05) is 0 Å². The molecule has 1 aliphatic heterocycles. The van der Waals surface area contributed by atoms with Gasteiger partial charge in [-0.3, -0.25) is 0 Å². The standard InChI is InChI=1S/C12H7ClO2S.Bi.ClH/c13-10-6-8-12(9-7-10)16(14,15)11-4-2-1-3-5-11;;/h1-4,6-8H;;1H/q;+1;/p-1. The van der Waals surface area contributed by atoms with Crippen molar-refractivity contribution in [3.63, 3.8) is 0 Å². The van der Waals surface area contributed by atoms with Crippen molar-refractivity contribution in [1.29, 1.82) is 0 Å². The molecule has 0 aliphatic carbocycles. The molecule has 92 valence electrons. The fourth-order valence-corrected chi connectivity index (χ4v) is 16.6. The summed E-state index contributed by atoms with van der Waals surface area (Å²) in [4.78, 5) is 0.700. The molecule has 0 aromatic heterocycles. The Hall–Kier alpha value is -0.147. The molecule has 0 saturated heterocycles. The number of halogens is 2. The minimum absolute atomic E-state index is 0.332. The SMILES string of the molecule is O=S1(=O)c2cccc[c]2[Bi]([Cl])[c]2cc(Cl)ccc21. The van der Waals surface area contributed by atoms with Crippen molar-refractivity contribution in [1.82, 2.24) is 0 Å². The van der Waals surface area contributed by atoms with Gasteiger partial charge in [-0.15, -0.1) is 0 Å². The minimum atomic E-state index is -3.44. The number of sulfone groups is 1. The number of hydrogen-bond donors (Lipinski definition) is 0. The van der Waals surface area contributed by atoms with Crippen molar-refractivity contribution in [3.05, 3.63) is 47.5 Å². The normalized spacial score (nSPS) is 17.0. The Kier molecular flexibility index (Phi) is 3.18. The molecule has 3 rings (SSSR count). The Balaban J connectivity index is 2.41. The molecule has 0 unspecified atom stereocenters. The van der Waals surface area contributed by atoms with Crippen molar-refractivity contribution in [2.45, 2.75) is 9.79 Å². The van der Waals surface area contributed by atoms with Gasteiger partial charge in [-0.05, 0) is 0 Å². The topological polar surface area (TPSA) is 34.1 Å². The second kappa shape index (κ2) is 4.45. The molecule has 0 N–H and O–H groups in total. The third-order valence-electron chi connectivity index (χ3n) is 2.79. The van der Waals surface area contributed by atoms with Gasteiger partial charge < -0.3 is 0 Å². The van der Waals surface area contributed by atoms with Crippen molar-refractivity contribution in [2.75, 3.05) is 0 Å². The van der Waals surface area contributed by atoms with E-state index in [1.165, 1.54) is 0 Å². The Labute approximate surface area is 122 Å². The van der Waals surface area contributed by atoms with Gasteiger partial charge in [-0.1, -0.05) is 0 Å². The van der Waals surface area contributed by atoms with Gasteiger partial charge in [0.15, 0.2) is 0 Å². The molecule has 0 radical (unpaired) electrons. The van der Waals surface area contributed by atoms with Crippen molar-refractivity contribution in [3.8, 4) is 0 Å². The molecule has 0 bridgehead atoms. The number of hydrogen-bond acceptors (Lipinski definition) is 2. The molecule has 0 amide bonds. The fraction of sp³-hybridized carbons (Fsp3) is 0. The van der Waals surface area contributed by atoms with Crippen LogP contribution in [0.4, 0.5) is 0 Å². The molecule has 1 aliphatic rings. The van der Waals surface area contributed by atoms with E-state index < -0.39 is 30.4 Å². The van der Waals surface area contributed by atoms with Crippen molar-refractivity contribution in [2.24, 2.45) is 0 Å². The monoisotopic (exact) mass is 494 g/mol. The summed E-state index contributed by atoms with van der Waals surface area (Å²) in [5.41, 5.74) is 0. The Morgan fingerprint density at radius 1 is 0.944 bits per heavy atom. The molecule has 18 heavy (non-hydrogen) atoms. The molecule has 2 aromatic rings. The summed E-state index contributed by atoms with van der Waals surface area (Å²) in [6, 6.07) is 11.9. The number of benzene rings is 2. The zero-order chi connectivity index (χ0) is 12.9. The van der Waals surface area contributed by atoms with E-state index in [0.717, 1.165) is 6.54 Å². The van der Waals surface area contributed by atoms with E-state index in [1.54, 1.807) is 30.3 Å². The van der Waals surface area contributed by atoms with Gasteiger partial charge in [0.2, 0.25) is 0 Å². The van der Waals surface area contributed by atoms with E-state index in [9.17, 15) is 8.42 Å². The average Bonchev–Trinajstić information content (AvgIpc) is 2.36. The van der Waals surface area contributed by atoms with Gasteiger partial charge >= 0.3 is 123 Å².